The lowest BCUT2D eigenvalue weighted by Gasteiger charge is -2.17. The van der Waals surface area contributed by atoms with Gasteiger partial charge in [0.1, 0.15) is 0 Å². The second-order valence-corrected chi connectivity index (χ2v) is 8.41. The van der Waals surface area contributed by atoms with Crippen LogP contribution in [0.1, 0.15) is 13.8 Å². The molecule has 0 amide bonds. The molecule has 0 saturated heterocycles. The minimum atomic E-state index is -3.73. The zero-order valence-corrected chi connectivity index (χ0v) is 17.7. The molecule has 0 fully saturated rings. The van der Waals surface area contributed by atoms with E-state index in [1.165, 1.54) is 12.1 Å². The summed E-state index contributed by atoms with van der Waals surface area (Å²) in [5.74, 6) is -0.489. The number of nitrogens with zero attached hydrogens (tertiary/aromatic N) is 3. The van der Waals surface area contributed by atoms with Gasteiger partial charge in [-0.15, -0.1) is 9.48 Å². The molecule has 0 bridgehead atoms. The van der Waals surface area contributed by atoms with Crippen LogP contribution < -0.4 is 16.9 Å². The maximum atomic E-state index is 12.8. The lowest BCUT2D eigenvalue weighted by Crippen LogP contribution is -2.35. The minimum Gasteiger partial charge on any atom is -0.332 e. The maximum Gasteiger partial charge on any atom is 0.386 e. The number of likely N-dealkylation sites (N-methyl/N-ethyl adjacent to an activating group) is 1. The topological polar surface area (TPSA) is 125 Å². The predicted octanol–water partition coefficient (Wildman–Crippen LogP) is 0.496. The quantitative estimate of drug-likeness (QED) is 0.553. The lowest BCUT2D eigenvalue weighted by molar-refractivity contribution is 0.154. The highest BCUT2D eigenvalue weighted by atomic mass is 32.2. The Morgan fingerprint density at radius 3 is 1.90 bits per heavy atom. The van der Waals surface area contributed by atoms with Crippen LogP contribution in [0.4, 0.5) is 0 Å². The van der Waals surface area contributed by atoms with Crippen molar-refractivity contribution in [3.8, 4) is 0 Å². The van der Waals surface area contributed by atoms with E-state index in [9.17, 15) is 22.8 Å². The number of aryl methyl sites for hydroxylation is 1. The van der Waals surface area contributed by atoms with Crippen molar-refractivity contribution in [2.75, 3.05) is 25.4 Å². The Kier molecular flexibility index (Phi) is 8.36. The summed E-state index contributed by atoms with van der Waals surface area (Å²) in [7, 11) is -3.73. The Bertz CT molecular complexity index is 1150. The first-order valence-electron chi connectivity index (χ1n) is 9.48. The lowest BCUT2D eigenvalue weighted by atomic mass is 10.4. The van der Waals surface area contributed by atoms with Gasteiger partial charge in [0.15, 0.2) is 9.84 Å². The molecule has 0 spiro atoms. The average Bonchev–Trinajstić information content (AvgIpc) is 2.79. The fraction of sp³-hybridized carbons (Fsp3) is 0.421. The van der Waals surface area contributed by atoms with Gasteiger partial charge in [0.2, 0.25) is 0 Å². The van der Waals surface area contributed by atoms with Gasteiger partial charge < -0.3 is 13.9 Å². The van der Waals surface area contributed by atoms with Crippen molar-refractivity contribution in [3.05, 3.63) is 73.8 Å². The summed E-state index contributed by atoms with van der Waals surface area (Å²) in [6.45, 7) is 5.32. The molecule has 0 aliphatic carbocycles. The molecule has 1 aromatic heterocycles. The first-order valence-corrected chi connectivity index (χ1v) is 11.1. The number of hydrogen-bond donors (Lipinski definition) is 0. The van der Waals surface area contributed by atoms with E-state index in [1.54, 1.807) is 18.2 Å². The Balaban J connectivity index is 2.46. The molecule has 10 nitrogen and oxygen atoms in total. The normalized spacial score (nSPS) is 11.4. The molecule has 0 aliphatic rings. The Hall–Kier alpha value is -2.92. The van der Waals surface area contributed by atoms with E-state index >= 15 is 0 Å². The van der Waals surface area contributed by atoms with Crippen molar-refractivity contribution in [3.63, 3.8) is 0 Å². The summed E-state index contributed by atoms with van der Waals surface area (Å²) in [6, 6.07) is 9.35. The van der Waals surface area contributed by atoms with Gasteiger partial charge in [-0.05, 0) is 25.2 Å². The molecule has 1 aromatic carbocycles. The van der Waals surface area contributed by atoms with Crippen molar-refractivity contribution < 1.29 is 17.5 Å². The smallest absolute Gasteiger partial charge is 0.332 e. The third kappa shape index (κ3) is 6.56. The molecule has 0 atom stereocenters. The summed E-state index contributed by atoms with van der Waals surface area (Å²) < 4.78 is 36.4. The Morgan fingerprint density at radius 2 is 1.37 bits per heavy atom. The van der Waals surface area contributed by atoms with Crippen LogP contribution in [0.5, 0.6) is 0 Å². The fourth-order valence-electron chi connectivity index (χ4n) is 2.62. The summed E-state index contributed by atoms with van der Waals surface area (Å²) in [4.78, 5) is 38.6. The molecule has 0 radical (unpaired) electrons. The highest BCUT2D eigenvalue weighted by Crippen LogP contribution is 2.10. The van der Waals surface area contributed by atoms with Crippen LogP contribution in [-0.2, 0) is 22.9 Å². The molecule has 0 aliphatic heterocycles. The van der Waals surface area contributed by atoms with Crippen molar-refractivity contribution in [2.45, 2.75) is 31.8 Å². The van der Waals surface area contributed by atoms with Crippen molar-refractivity contribution >= 4 is 9.84 Å². The zero-order chi connectivity index (χ0) is 22.1. The summed E-state index contributed by atoms with van der Waals surface area (Å²) in [5.41, 5.74) is -2.86. The van der Waals surface area contributed by atoms with E-state index in [-0.39, 0.29) is 11.4 Å². The molecule has 2 aromatic rings. The predicted molar refractivity (Wildman–Crippen MR) is 110 cm³/mol. The van der Waals surface area contributed by atoms with Crippen molar-refractivity contribution in [1.82, 2.24) is 14.4 Å². The number of sulfone groups is 1. The average molecular weight is 439 g/mol. The second kappa shape index (κ2) is 10.7. The van der Waals surface area contributed by atoms with E-state index in [2.05, 4.69) is 0 Å². The molecule has 30 heavy (non-hydrogen) atoms. The maximum absolute atomic E-state index is 12.8. The standard InChI is InChI=1S/C19H25N3O7S/c1-3-20(4-2)12-13-21-19(25)22(29-18(24)11-10-17(23)28-21)14-15-30(26,27)16-8-6-5-7-9-16/h5-11H,3-4,12-15H2,1-2H3. The van der Waals surface area contributed by atoms with E-state index in [4.69, 9.17) is 9.05 Å². The number of rotatable bonds is 9. The minimum absolute atomic E-state index is 0.0135. The van der Waals surface area contributed by atoms with E-state index in [0.29, 0.717) is 11.3 Å². The van der Waals surface area contributed by atoms with E-state index < -0.39 is 39.1 Å². The molecular formula is C19H25N3O7S. The SMILES string of the molecule is CCN(CC)CCn1oc(=O)ccc(=O)on(CCS(=O)(=O)c2ccccc2)c1=O. The highest BCUT2D eigenvalue weighted by Gasteiger charge is 2.16. The van der Waals surface area contributed by atoms with Crippen LogP contribution in [0.3, 0.4) is 0 Å². The van der Waals surface area contributed by atoms with Crippen molar-refractivity contribution in [1.29, 1.82) is 0 Å². The van der Waals surface area contributed by atoms with Crippen LogP contribution >= 0.6 is 0 Å². The van der Waals surface area contributed by atoms with Gasteiger partial charge in [-0.1, -0.05) is 32.0 Å². The summed E-state index contributed by atoms with van der Waals surface area (Å²) in [5, 5.41) is 0. The molecule has 2 rings (SSSR count). The van der Waals surface area contributed by atoms with Crippen LogP contribution in [0.2, 0.25) is 0 Å². The molecule has 11 heteroatoms. The van der Waals surface area contributed by atoms with Gasteiger partial charge in [-0.3, -0.25) is 0 Å². The number of aromatic nitrogens is 2. The summed E-state index contributed by atoms with van der Waals surface area (Å²) >= 11 is 0. The van der Waals surface area contributed by atoms with Gasteiger partial charge in [-0.25, -0.2) is 22.8 Å². The van der Waals surface area contributed by atoms with Crippen molar-refractivity contribution in [2.24, 2.45) is 0 Å². The molecule has 0 unspecified atom stereocenters. The number of benzene rings is 1. The molecule has 164 valence electrons. The van der Waals surface area contributed by atoms with E-state index in [1.807, 2.05) is 18.7 Å². The first-order chi connectivity index (χ1) is 14.3. The zero-order valence-electron chi connectivity index (χ0n) is 16.9. The molecule has 0 N–H and O–H groups in total. The van der Waals surface area contributed by atoms with Crippen LogP contribution in [0.25, 0.3) is 0 Å². The molecule has 1 heterocycles. The van der Waals surface area contributed by atoms with Gasteiger partial charge in [0.25, 0.3) is 0 Å². The summed E-state index contributed by atoms with van der Waals surface area (Å²) in [6.07, 6.45) is 0. The van der Waals surface area contributed by atoms with Gasteiger partial charge in [-0.2, -0.15) is 0 Å². The Labute approximate surface area is 173 Å². The molecular weight excluding hydrogens is 414 g/mol. The monoisotopic (exact) mass is 439 g/mol. The highest BCUT2D eigenvalue weighted by molar-refractivity contribution is 7.91. The third-order valence-corrected chi connectivity index (χ3v) is 6.07. The van der Waals surface area contributed by atoms with Gasteiger partial charge in [0.05, 0.1) is 23.7 Å². The fourth-order valence-corrected chi connectivity index (χ4v) is 3.83. The third-order valence-electron chi connectivity index (χ3n) is 4.36. The second-order valence-electron chi connectivity index (χ2n) is 6.30. The van der Waals surface area contributed by atoms with E-state index in [0.717, 1.165) is 30.0 Å². The van der Waals surface area contributed by atoms with Gasteiger partial charge >= 0.3 is 16.9 Å². The molecule has 0 saturated carbocycles. The first kappa shape index (κ1) is 23.4. The number of hydrogen-bond acceptors (Lipinski definition) is 8. The van der Waals surface area contributed by atoms with Crippen LogP contribution in [0, 0.1) is 0 Å². The largest absolute Gasteiger partial charge is 0.386 e. The van der Waals surface area contributed by atoms with Crippen LogP contribution in [0.15, 0.2) is 70.8 Å². The van der Waals surface area contributed by atoms with Gasteiger partial charge in [0, 0.05) is 18.7 Å². The Morgan fingerprint density at radius 1 is 0.833 bits per heavy atom. The van der Waals surface area contributed by atoms with Crippen LogP contribution in [-0.4, -0.2) is 48.2 Å².